The summed E-state index contributed by atoms with van der Waals surface area (Å²) in [7, 11) is 0. The van der Waals surface area contributed by atoms with Gasteiger partial charge in [0.05, 0.1) is 17.7 Å². The van der Waals surface area contributed by atoms with Crippen LogP contribution in [-0.4, -0.2) is 45.7 Å². The number of hydrogen-bond donors (Lipinski definition) is 2. The van der Waals surface area contributed by atoms with E-state index in [0.29, 0.717) is 25.8 Å². The van der Waals surface area contributed by atoms with E-state index in [2.05, 4.69) is 20.8 Å². The molecule has 0 aliphatic carbocycles. The number of carbonyl (C=O) groups is 2. The molecule has 1 aromatic rings. The van der Waals surface area contributed by atoms with E-state index in [-0.39, 0.29) is 22.9 Å². The molecule has 5 heteroatoms. The number of rotatable bonds is 7. The minimum Gasteiger partial charge on any atom is -0.478 e. The van der Waals surface area contributed by atoms with E-state index >= 15 is 0 Å². The highest BCUT2D eigenvalue weighted by Gasteiger charge is 2.28. The fraction of sp³-hybridized carbons (Fsp3) is 0.524. The third-order valence-electron chi connectivity index (χ3n) is 4.59. The van der Waals surface area contributed by atoms with E-state index in [1.165, 1.54) is 0 Å². The quantitative estimate of drug-likeness (QED) is 0.733. The standard InChI is InChI=1S/C21H29NO4/c1-21(2,3)14-18(23)10-8-17-9-11-19(24)22(17)13-12-15-4-6-16(7-5-15)20(25)26/h4-8,10,17-18,23H,9,11-14H2,1-3H3,(H,25,26)/b10-8+/t17-,18+/m0/s1. The van der Waals surface area contributed by atoms with Crippen molar-refractivity contribution in [3.63, 3.8) is 0 Å². The zero-order valence-electron chi connectivity index (χ0n) is 15.8. The molecule has 0 spiro atoms. The first-order valence-electron chi connectivity index (χ1n) is 9.14. The van der Waals surface area contributed by atoms with Gasteiger partial charge in [0.15, 0.2) is 0 Å². The predicted molar refractivity (Wildman–Crippen MR) is 101 cm³/mol. The number of aliphatic hydroxyl groups excluding tert-OH is 1. The van der Waals surface area contributed by atoms with Gasteiger partial charge in [-0.3, -0.25) is 4.79 Å². The Morgan fingerprint density at radius 2 is 1.96 bits per heavy atom. The molecule has 1 saturated heterocycles. The molecule has 1 aliphatic rings. The minimum atomic E-state index is -0.940. The Hall–Kier alpha value is -2.14. The summed E-state index contributed by atoms with van der Waals surface area (Å²) in [6, 6.07) is 6.78. The number of benzene rings is 1. The summed E-state index contributed by atoms with van der Waals surface area (Å²) in [5.74, 6) is -0.808. The summed E-state index contributed by atoms with van der Waals surface area (Å²) in [4.78, 5) is 24.9. The molecule has 2 N–H and O–H groups in total. The maximum absolute atomic E-state index is 12.2. The van der Waals surface area contributed by atoms with Crippen LogP contribution >= 0.6 is 0 Å². The Morgan fingerprint density at radius 1 is 1.31 bits per heavy atom. The number of carbonyl (C=O) groups excluding carboxylic acids is 1. The largest absolute Gasteiger partial charge is 0.478 e. The fourth-order valence-electron chi connectivity index (χ4n) is 3.26. The smallest absolute Gasteiger partial charge is 0.335 e. The molecule has 1 heterocycles. The van der Waals surface area contributed by atoms with Crippen LogP contribution in [0.1, 0.15) is 56.0 Å². The van der Waals surface area contributed by atoms with E-state index in [1.807, 2.05) is 17.1 Å². The zero-order chi connectivity index (χ0) is 19.3. The first kappa shape index (κ1) is 20.2. The molecule has 1 amide bonds. The molecule has 0 bridgehead atoms. The Kier molecular flexibility index (Phi) is 6.59. The maximum atomic E-state index is 12.2. The van der Waals surface area contributed by atoms with E-state index in [9.17, 15) is 14.7 Å². The molecule has 0 unspecified atom stereocenters. The van der Waals surface area contributed by atoms with E-state index < -0.39 is 12.1 Å². The van der Waals surface area contributed by atoms with Crippen LogP contribution in [0.2, 0.25) is 0 Å². The number of nitrogens with zero attached hydrogens (tertiary/aromatic N) is 1. The van der Waals surface area contributed by atoms with Crippen molar-refractivity contribution >= 4 is 11.9 Å². The van der Waals surface area contributed by atoms with E-state index in [4.69, 9.17) is 5.11 Å². The Balaban J connectivity index is 1.93. The molecular weight excluding hydrogens is 330 g/mol. The molecule has 2 atom stereocenters. The van der Waals surface area contributed by atoms with Crippen molar-refractivity contribution in [2.75, 3.05) is 6.54 Å². The van der Waals surface area contributed by atoms with Crippen LogP contribution in [0.3, 0.4) is 0 Å². The van der Waals surface area contributed by atoms with Crippen LogP contribution in [0, 0.1) is 5.41 Å². The van der Waals surface area contributed by atoms with Gasteiger partial charge in [-0.15, -0.1) is 0 Å². The fourth-order valence-corrected chi connectivity index (χ4v) is 3.26. The Bertz CT molecular complexity index is 658. The molecular formula is C21H29NO4. The SMILES string of the molecule is CC(C)(C)C[C@H](O)/C=C/[C@H]1CCC(=O)N1CCc1ccc(C(=O)O)cc1. The normalized spacial score (nSPS) is 19.3. The topological polar surface area (TPSA) is 77.8 Å². The molecule has 1 aromatic carbocycles. The number of aromatic carboxylic acids is 1. The van der Waals surface area contributed by atoms with Gasteiger partial charge in [0.2, 0.25) is 5.91 Å². The van der Waals surface area contributed by atoms with Crippen LogP contribution in [0.15, 0.2) is 36.4 Å². The number of aliphatic hydroxyl groups is 1. The summed E-state index contributed by atoms with van der Waals surface area (Å²) < 4.78 is 0. The number of hydrogen-bond acceptors (Lipinski definition) is 3. The molecule has 1 fully saturated rings. The van der Waals surface area contributed by atoms with Gasteiger partial charge in [-0.2, -0.15) is 0 Å². The summed E-state index contributed by atoms with van der Waals surface area (Å²) in [5.41, 5.74) is 1.32. The summed E-state index contributed by atoms with van der Waals surface area (Å²) >= 11 is 0. The van der Waals surface area contributed by atoms with Gasteiger partial charge in [-0.25, -0.2) is 4.79 Å². The number of likely N-dealkylation sites (tertiary alicyclic amines) is 1. The molecule has 5 nitrogen and oxygen atoms in total. The zero-order valence-corrected chi connectivity index (χ0v) is 15.8. The van der Waals surface area contributed by atoms with Crippen LogP contribution in [0.4, 0.5) is 0 Å². The van der Waals surface area contributed by atoms with Crippen molar-refractivity contribution in [1.82, 2.24) is 4.90 Å². The lowest BCUT2D eigenvalue weighted by Gasteiger charge is -2.24. The monoisotopic (exact) mass is 359 g/mol. The van der Waals surface area contributed by atoms with Crippen LogP contribution < -0.4 is 0 Å². The molecule has 0 saturated carbocycles. The Labute approximate surface area is 155 Å². The lowest BCUT2D eigenvalue weighted by Crippen LogP contribution is -2.33. The van der Waals surface area contributed by atoms with Crippen molar-refractivity contribution < 1.29 is 19.8 Å². The lowest BCUT2D eigenvalue weighted by molar-refractivity contribution is -0.128. The third-order valence-corrected chi connectivity index (χ3v) is 4.59. The molecule has 2 rings (SSSR count). The predicted octanol–water partition coefficient (Wildman–Crippen LogP) is 3.27. The van der Waals surface area contributed by atoms with Crippen LogP contribution in [-0.2, 0) is 11.2 Å². The van der Waals surface area contributed by atoms with Gasteiger partial charge in [-0.05, 0) is 42.4 Å². The van der Waals surface area contributed by atoms with Gasteiger partial charge in [0.25, 0.3) is 0 Å². The number of amides is 1. The van der Waals surface area contributed by atoms with E-state index in [1.54, 1.807) is 24.3 Å². The van der Waals surface area contributed by atoms with E-state index in [0.717, 1.165) is 12.0 Å². The van der Waals surface area contributed by atoms with Gasteiger partial charge in [0.1, 0.15) is 0 Å². The lowest BCUT2D eigenvalue weighted by atomic mass is 9.89. The van der Waals surface area contributed by atoms with Gasteiger partial charge < -0.3 is 15.1 Å². The van der Waals surface area contributed by atoms with Gasteiger partial charge in [0, 0.05) is 13.0 Å². The molecule has 0 radical (unpaired) electrons. The molecule has 0 aromatic heterocycles. The van der Waals surface area contributed by atoms with Gasteiger partial charge in [-0.1, -0.05) is 45.1 Å². The van der Waals surface area contributed by atoms with Crippen molar-refractivity contribution in [2.24, 2.45) is 5.41 Å². The summed E-state index contributed by atoms with van der Waals surface area (Å²) in [5, 5.41) is 19.1. The second-order valence-corrected chi connectivity index (χ2v) is 8.16. The third kappa shape index (κ3) is 5.99. The number of carboxylic acids is 1. The molecule has 142 valence electrons. The first-order chi connectivity index (χ1) is 12.2. The van der Waals surface area contributed by atoms with Crippen molar-refractivity contribution in [2.45, 2.75) is 58.6 Å². The van der Waals surface area contributed by atoms with Crippen LogP contribution in [0.5, 0.6) is 0 Å². The average molecular weight is 359 g/mol. The van der Waals surface area contributed by atoms with Crippen molar-refractivity contribution in [3.8, 4) is 0 Å². The number of carboxylic acid groups (broad SMARTS) is 1. The summed E-state index contributed by atoms with van der Waals surface area (Å²) in [6.45, 7) is 6.86. The Morgan fingerprint density at radius 3 is 2.54 bits per heavy atom. The highest BCUT2D eigenvalue weighted by Crippen LogP contribution is 2.24. The average Bonchev–Trinajstić information content (AvgIpc) is 2.90. The molecule has 26 heavy (non-hydrogen) atoms. The highest BCUT2D eigenvalue weighted by atomic mass is 16.4. The van der Waals surface area contributed by atoms with Crippen LogP contribution in [0.25, 0.3) is 0 Å². The second-order valence-electron chi connectivity index (χ2n) is 8.16. The van der Waals surface area contributed by atoms with Crippen molar-refractivity contribution in [1.29, 1.82) is 0 Å². The maximum Gasteiger partial charge on any atom is 0.335 e. The second kappa shape index (κ2) is 8.49. The van der Waals surface area contributed by atoms with Gasteiger partial charge >= 0.3 is 5.97 Å². The molecule has 1 aliphatic heterocycles. The highest BCUT2D eigenvalue weighted by molar-refractivity contribution is 5.87. The first-order valence-corrected chi connectivity index (χ1v) is 9.14. The van der Waals surface area contributed by atoms with Crippen molar-refractivity contribution in [3.05, 3.63) is 47.5 Å². The summed E-state index contributed by atoms with van der Waals surface area (Å²) in [6.07, 6.45) is 5.92. The minimum absolute atomic E-state index is 0.0235.